The minimum Gasteiger partial charge on any atom is -0.459 e. The van der Waals surface area contributed by atoms with Crippen LogP contribution in [-0.4, -0.2) is 21.6 Å². The van der Waals surface area contributed by atoms with Crippen LogP contribution in [0.1, 0.15) is 34.6 Å². The van der Waals surface area contributed by atoms with Gasteiger partial charge in [-0.25, -0.2) is 9.78 Å². The molecule has 0 aliphatic heterocycles. The van der Waals surface area contributed by atoms with Crippen LogP contribution in [0.4, 0.5) is 0 Å². The predicted octanol–water partition coefficient (Wildman–Crippen LogP) is 5.70. The molecule has 0 amide bonds. The number of hydrogen-bond donors (Lipinski definition) is 0. The maximum Gasteiger partial charge on any atom is 0.338 e. The molecule has 0 bridgehead atoms. The highest BCUT2D eigenvalue weighted by molar-refractivity contribution is 7.19. The molecular formula is C24H21ClN2O3S. The zero-order valence-corrected chi connectivity index (χ0v) is 19.0. The normalized spacial score (nSPS) is 11.3. The molecule has 2 heterocycles. The number of hydrogen-bond acceptors (Lipinski definition) is 5. The van der Waals surface area contributed by atoms with Crippen LogP contribution in [0.3, 0.4) is 0 Å². The Kier molecular flexibility index (Phi) is 5.94. The first-order valence-electron chi connectivity index (χ1n) is 9.88. The molecule has 0 atom stereocenters. The fourth-order valence-electron chi connectivity index (χ4n) is 3.49. The van der Waals surface area contributed by atoms with Crippen LogP contribution in [0.5, 0.6) is 0 Å². The number of ether oxygens (including phenoxy) is 1. The van der Waals surface area contributed by atoms with Crippen molar-refractivity contribution in [1.29, 1.82) is 0 Å². The SMILES string of the molecule is Cc1sc2ncn(Cc3cccc(C(=O)OC(C)C)c3)c(=O)c2c1-c1ccc(Cl)cc1. The molecular weight excluding hydrogens is 432 g/mol. The molecule has 0 radical (unpaired) electrons. The van der Waals surface area contributed by atoms with Crippen molar-refractivity contribution in [2.75, 3.05) is 0 Å². The van der Waals surface area contributed by atoms with Gasteiger partial charge in [0.15, 0.2) is 0 Å². The van der Waals surface area contributed by atoms with E-state index in [1.165, 1.54) is 11.3 Å². The van der Waals surface area contributed by atoms with Crippen LogP contribution in [0.15, 0.2) is 59.7 Å². The lowest BCUT2D eigenvalue weighted by molar-refractivity contribution is 0.0378. The van der Waals surface area contributed by atoms with Gasteiger partial charge in [-0.05, 0) is 56.2 Å². The third kappa shape index (κ3) is 4.40. The monoisotopic (exact) mass is 452 g/mol. The largest absolute Gasteiger partial charge is 0.459 e. The van der Waals surface area contributed by atoms with E-state index in [0.29, 0.717) is 27.3 Å². The summed E-state index contributed by atoms with van der Waals surface area (Å²) in [5.74, 6) is -0.378. The van der Waals surface area contributed by atoms with E-state index in [0.717, 1.165) is 21.6 Å². The molecule has 4 aromatic rings. The number of halogens is 1. The maximum atomic E-state index is 13.4. The van der Waals surface area contributed by atoms with E-state index in [1.54, 1.807) is 29.1 Å². The second-order valence-electron chi connectivity index (χ2n) is 7.55. The topological polar surface area (TPSA) is 61.2 Å². The van der Waals surface area contributed by atoms with Gasteiger partial charge in [0, 0.05) is 15.5 Å². The summed E-state index contributed by atoms with van der Waals surface area (Å²) in [6, 6.07) is 14.6. The highest BCUT2D eigenvalue weighted by atomic mass is 35.5. The van der Waals surface area contributed by atoms with Gasteiger partial charge in [-0.3, -0.25) is 9.36 Å². The number of benzene rings is 2. The predicted molar refractivity (Wildman–Crippen MR) is 125 cm³/mol. The molecule has 2 aromatic heterocycles. The molecule has 0 aliphatic carbocycles. The van der Waals surface area contributed by atoms with Crippen molar-refractivity contribution in [3.63, 3.8) is 0 Å². The number of rotatable bonds is 5. The van der Waals surface area contributed by atoms with Crippen molar-refractivity contribution in [3.8, 4) is 11.1 Å². The fourth-order valence-corrected chi connectivity index (χ4v) is 4.62. The molecule has 4 rings (SSSR count). The first-order valence-corrected chi connectivity index (χ1v) is 11.1. The van der Waals surface area contributed by atoms with Gasteiger partial charge < -0.3 is 4.74 Å². The summed E-state index contributed by atoms with van der Waals surface area (Å²) >= 11 is 7.53. The average Bonchev–Trinajstić information content (AvgIpc) is 3.07. The van der Waals surface area contributed by atoms with E-state index in [9.17, 15) is 9.59 Å². The standard InChI is InChI=1S/C24H21ClN2O3S/c1-14(2)30-24(29)18-6-4-5-16(11-18)12-27-13-26-22-21(23(27)28)20(15(3)31-22)17-7-9-19(25)10-8-17/h4-11,13-14H,12H2,1-3H3. The zero-order chi connectivity index (χ0) is 22.1. The molecule has 0 aliphatic rings. The molecule has 0 N–H and O–H groups in total. The summed E-state index contributed by atoms with van der Waals surface area (Å²) in [6.45, 7) is 5.91. The van der Waals surface area contributed by atoms with Gasteiger partial charge in [-0.1, -0.05) is 35.9 Å². The fraction of sp³-hybridized carbons (Fsp3) is 0.208. The number of nitrogens with zero attached hydrogens (tertiary/aromatic N) is 2. The van der Waals surface area contributed by atoms with E-state index in [4.69, 9.17) is 16.3 Å². The minimum absolute atomic E-state index is 0.116. The third-order valence-electron chi connectivity index (χ3n) is 4.85. The van der Waals surface area contributed by atoms with Crippen molar-refractivity contribution in [2.24, 2.45) is 0 Å². The molecule has 0 unspecified atom stereocenters. The van der Waals surface area contributed by atoms with Crippen molar-refractivity contribution in [3.05, 3.63) is 86.2 Å². The Labute approximate surface area is 188 Å². The third-order valence-corrected chi connectivity index (χ3v) is 6.11. The number of aromatic nitrogens is 2. The van der Waals surface area contributed by atoms with E-state index in [-0.39, 0.29) is 17.6 Å². The van der Waals surface area contributed by atoms with Gasteiger partial charge in [-0.15, -0.1) is 11.3 Å². The highest BCUT2D eigenvalue weighted by Crippen LogP contribution is 2.35. The molecule has 5 nitrogen and oxygen atoms in total. The zero-order valence-electron chi connectivity index (χ0n) is 17.4. The Morgan fingerprint density at radius 2 is 1.94 bits per heavy atom. The first-order chi connectivity index (χ1) is 14.8. The number of esters is 1. The van der Waals surface area contributed by atoms with E-state index >= 15 is 0 Å². The average molecular weight is 453 g/mol. The number of carbonyl (C=O) groups excluding carboxylic acids is 1. The number of aryl methyl sites for hydroxylation is 1. The number of fused-ring (bicyclic) bond motifs is 1. The molecule has 7 heteroatoms. The molecule has 2 aromatic carbocycles. The van der Waals surface area contributed by atoms with Crippen LogP contribution >= 0.6 is 22.9 Å². The van der Waals surface area contributed by atoms with Gasteiger partial charge in [0.25, 0.3) is 5.56 Å². The summed E-state index contributed by atoms with van der Waals surface area (Å²) in [7, 11) is 0. The van der Waals surface area contributed by atoms with Crippen molar-refractivity contribution in [1.82, 2.24) is 9.55 Å². The second kappa shape index (κ2) is 8.65. The minimum atomic E-state index is -0.378. The van der Waals surface area contributed by atoms with Gasteiger partial charge in [0.2, 0.25) is 0 Å². The highest BCUT2D eigenvalue weighted by Gasteiger charge is 2.17. The van der Waals surface area contributed by atoms with Crippen LogP contribution in [0.2, 0.25) is 5.02 Å². The second-order valence-corrected chi connectivity index (χ2v) is 9.19. The Bertz CT molecular complexity index is 1320. The van der Waals surface area contributed by atoms with E-state index < -0.39 is 0 Å². The summed E-state index contributed by atoms with van der Waals surface area (Å²) in [5.41, 5.74) is 2.98. The summed E-state index contributed by atoms with van der Waals surface area (Å²) in [5, 5.41) is 1.25. The Morgan fingerprint density at radius 3 is 2.65 bits per heavy atom. The summed E-state index contributed by atoms with van der Waals surface area (Å²) < 4.78 is 6.84. The van der Waals surface area contributed by atoms with Crippen molar-refractivity contribution >= 4 is 39.1 Å². The van der Waals surface area contributed by atoms with Crippen LogP contribution < -0.4 is 5.56 Å². The van der Waals surface area contributed by atoms with Gasteiger partial charge in [-0.2, -0.15) is 0 Å². The smallest absolute Gasteiger partial charge is 0.338 e. The quantitative estimate of drug-likeness (QED) is 0.364. The lowest BCUT2D eigenvalue weighted by atomic mass is 10.0. The van der Waals surface area contributed by atoms with Gasteiger partial charge in [0.05, 0.1) is 29.9 Å². The summed E-state index contributed by atoms with van der Waals surface area (Å²) in [6.07, 6.45) is 1.37. The van der Waals surface area contributed by atoms with Gasteiger partial charge >= 0.3 is 5.97 Å². The molecule has 158 valence electrons. The Hall–Kier alpha value is -2.96. The lowest BCUT2D eigenvalue weighted by Crippen LogP contribution is -2.21. The van der Waals surface area contributed by atoms with Crippen LogP contribution in [0, 0.1) is 6.92 Å². The van der Waals surface area contributed by atoms with Crippen molar-refractivity contribution in [2.45, 2.75) is 33.4 Å². The summed E-state index contributed by atoms with van der Waals surface area (Å²) in [4.78, 5) is 31.9. The first kappa shape index (κ1) is 21.3. The van der Waals surface area contributed by atoms with E-state index in [1.807, 2.05) is 51.1 Å². The Morgan fingerprint density at radius 1 is 1.19 bits per heavy atom. The van der Waals surface area contributed by atoms with Crippen LogP contribution in [-0.2, 0) is 11.3 Å². The molecule has 0 fully saturated rings. The molecule has 0 saturated carbocycles. The molecule has 0 saturated heterocycles. The van der Waals surface area contributed by atoms with Crippen LogP contribution in [0.25, 0.3) is 21.3 Å². The number of thiophene rings is 1. The van der Waals surface area contributed by atoms with E-state index in [2.05, 4.69) is 4.98 Å². The number of carbonyl (C=O) groups is 1. The molecule has 0 spiro atoms. The molecule has 31 heavy (non-hydrogen) atoms. The van der Waals surface area contributed by atoms with Gasteiger partial charge in [0.1, 0.15) is 4.83 Å². The van der Waals surface area contributed by atoms with Crippen molar-refractivity contribution < 1.29 is 9.53 Å². The Balaban J connectivity index is 1.74. The maximum absolute atomic E-state index is 13.4. The lowest BCUT2D eigenvalue weighted by Gasteiger charge is -2.10.